The molecule has 0 spiro atoms. The van der Waals surface area contributed by atoms with Crippen molar-refractivity contribution in [2.24, 2.45) is 11.7 Å². The Kier molecular flexibility index (Phi) is 7.23. The average molecular weight is 336 g/mol. The van der Waals surface area contributed by atoms with E-state index in [0.29, 0.717) is 12.2 Å². The average Bonchev–Trinajstić information content (AvgIpc) is 2.54. The molecule has 0 radical (unpaired) electrons. The Balaban J connectivity index is 1.73. The quantitative estimate of drug-likeness (QED) is 0.504. The van der Waals surface area contributed by atoms with Crippen LogP contribution in [0.4, 0.5) is 4.39 Å². The van der Waals surface area contributed by atoms with Crippen molar-refractivity contribution in [2.45, 2.75) is 57.4 Å². The molecule has 1 aromatic carbocycles. The Morgan fingerprint density at radius 3 is 2.42 bits per heavy atom. The fourth-order valence-electron chi connectivity index (χ4n) is 3.64. The van der Waals surface area contributed by atoms with E-state index in [4.69, 9.17) is 15.8 Å². The molecule has 6 heteroatoms. The molecule has 1 unspecified atom stereocenters. The maximum Gasteiger partial charge on any atom is 0.451 e. The molecule has 1 heterocycles. The summed E-state index contributed by atoms with van der Waals surface area (Å²) in [5.74, 6) is 0.311. The van der Waals surface area contributed by atoms with Gasteiger partial charge in [-0.3, -0.25) is 4.90 Å². The van der Waals surface area contributed by atoms with Gasteiger partial charge in [0.1, 0.15) is 5.82 Å². The van der Waals surface area contributed by atoms with Crippen LogP contribution in [0.25, 0.3) is 0 Å². The van der Waals surface area contributed by atoms with Gasteiger partial charge >= 0.3 is 7.12 Å². The molecule has 1 saturated heterocycles. The van der Waals surface area contributed by atoms with Gasteiger partial charge in [-0.1, -0.05) is 25.0 Å². The van der Waals surface area contributed by atoms with Crippen LogP contribution in [-0.4, -0.2) is 40.7 Å². The third-order valence-electron chi connectivity index (χ3n) is 5.27. The number of rotatable bonds is 8. The van der Waals surface area contributed by atoms with Crippen LogP contribution in [0, 0.1) is 11.7 Å². The Morgan fingerprint density at radius 1 is 1.21 bits per heavy atom. The highest BCUT2D eigenvalue weighted by Gasteiger charge is 2.32. The zero-order valence-corrected chi connectivity index (χ0v) is 14.6. The molecule has 4 N–H and O–H groups in total. The van der Waals surface area contributed by atoms with Gasteiger partial charge in [-0.25, -0.2) is 4.39 Å². The molecule has 0 aromatic heterocycles. The molecule has 0 saturated carbocycles. The molecule has 0 aliphatic carbocycles. The number of hydrogen-bond donors (Lipinski definition) is 3. The van der Waals surface area contributed by atoms with Crippen molar-refractivity contribution < 1.29 is 14.4 Å². The van der Waals surface area contributed by atoms with E-state index < -0.39 is 7.12 Å². The number of halogens is 1. The lowest BCUT2D eigenvalue weighted by atomic mass is 9.75. The fourth-order valence-corrected chi connectivity index (χ4v) is 3.64. The van der Waals surface area contributed by atoms with Gasteiger partial charge in [0.15, 0.2) is 0 Å². The molecule has 2 rings (SSSR count). The van der Waals surface area contributed by atoms with Crippen molar-refractivity contribution in [1.82, 2.24) is 4.90 Å². The van der Waals surface area contributed by atoms with E-state index in [-0.39, 0.29) is 11.4 Å². The van der Waals surface area contributed by atoms with Crippen LogP contribution in [0.2, 0.25) is 6.32 Å². The minimum Gasteiger partial charge on any atom is -0.427 e. The van der Waals surface area contributed by atoms with E-state index in [1.807, 2.05) is 12.1 Å². The summed E-state index contributed by atoms with van der Waals surface area (Å²) in [4.78, 5) is 2.40. The topological polar surface area (TPSA) is 69.7 Å². The second kappa shape index (κ2) is 8.95. The van der Waals surface area contributed by atoms with Crippen molar-refractivity contribution in [2.75, 3.05) is 13.1 Å². The zero-order valence-electron chi connectivity index (χ0n) is 14.6. The van der Waals surface area contributed by atoms with Crippen LogP contribution < -0.4 is 5.73 Å². The predicted octanol–water partition coefficient (Wildman–Crippen LogP) is 2.40. The number of piperidine rings is 1. The Bertz CT molecular complexity index is 488. The fraction of sp³-hybridized carbons (Fsp3) is 0.667. The van der Waals surface area contributed by atoms with Crippen molar-refractivity contribution in [3.8, 4) is 0 Å². The Hall–Kier alpha value is -0.945. The number of nitrogens with two attached hydrogens (primary N) is 1. The van der Waals surface area contributed by atoms with Crippen LogP contribution >= 0.6 is 0 Å². The third kappa shape index (κ3) is 6.17. The monoisotopic (exact) mass is 336 g/mol. The van der Waals surface area contributed by atoms with Crippen molar-refractivity contribution >= 4 is 7.12 Å². The van der Waals surface area contributed by atoms with Gasteiger partial charge in [-0.2, -0.15) is 0 Å². The van der Waals surface area contributed by atoms with Crippen LogP contribution in [-0.2, 0) is 6.54 Å². The van der Waals surface area contributed by atoms with Crippen molar-refractivity contribution in [3.05, 3.63) is 35.6 Å². The zero-order chi connectivity index (χ0) is 17.6. The number of hydrogen-bond acceptors (Lipinski definition) is 4. The summed E-state index contributed by atoms with van der Waals surface area (Å²) in [7, 11) is -1.20. The highest BCUT2D eigenvalue weighted by molar-refractivity contribution is 6.40. The van der Waals surface area contributed by atoms with E-state index in [2.05, 4.69) is 11.8 Å². The first-order valence-corrected chi connectivity index (χ1v) is 8.98. The van der Waals surface area contributed by atoms with Crippen LogP contribution in [0.1, 0.15) is 44.6 Å². The van der Waals surface area contributed by atoms with Crippen LogP contribution in [0.5, 0.6) is 0 Å². The van der Waals surface area contributed by atoms with Gasteiger partial charge in [0, 0.05) is 12.1 Å². The molecular formula is C18H30BFN2O2. The summed E-state index contributed by atoms with van der Waals surface area (Å²) < 4.78 is 13.0. The first-order valence-electron chi connectivity index (χ1n) is 8.98. The van der Waals surface area contributed by atoms with E-state index in [0.717, 1.165) is 57.3 Å². The van der Waals surface area contributed by atoms with Gasteiger partial charge in [-0.15, -0.1) is 0 Å². The van der Waals surface area contributed by atoms with Gasteiger partial charge in [-0.05, 0) is 69.2 Å². The molecule has 1 aliphatic heterocycles. The lowest BCUT2D eigenvalue weighted by molar-refractivity contribution is 0.125. The smallest absolute Gasteiger partial charge is 0.427 e. The second-order valence-corrected chi connectivity index (χ2v) is 7.41. The molecule has 1 fully saturated rings. The van der Waals surface area contributed by atoms with Gasteiger partial charge in [0.05, 0.1) is 0 Å². The van der Waals surface area contributed by atoms with Crippen molar-refractivity contribution in [1.29, 1.82) is 0 Å². The number of unbranched alkanes of at least 4 members (excludes halogenated alkanes) is 1. The lowest BCUT2D eigenvalue weighted by Gasteiger charge is -2.40. The van der Waals surface area contributed by atoms with E-state index in [1.165, 1.54) is 12.1 Å². The van der Waals surface area contributed by atoms with Crippen LogP contribution in [0.15, 0.2) is 24.3 Å². The lowest BCUT2D eigenvalue weighted by Crippen LogP contribution is -2.49. The van der Waals surface area contributed by atoms with Gasteiger partial charge < -0.3 is 15.8 Å². The maximum atomic E-state index is 13.0. The van der Waals surface area contributed by atoms with Gasteiger partial charge in [0.2, 0.25) is 0 Å². The maximum absolute atomic E-state index is 13.0. The number of likely N-dealkylation sites (tertiary alicyclic amines) is 1. The molecule has 134 valence electrons. The Morgan fingerprint density at radius 2 is 1.83 bits per heavy atom. The van der Waals surface area contributed by atoms with Gasteiger partial charge in [0.25, 0.3) is 0 Å². The summed E-state index contributed by atoms with van der Waals surface area (Å²) >= 11 is 0. The highest BCUT2D eigenvalue weighted by Crippen LogP contribution is 2.31. The summed E-state index contributed by atoms with van der Waals surface area (Å²) in [5.41, 5.74) is 7.49. The summed E-state index contributed by atoms with van der Waals surface area (Å²) in [6, 6.07) is 6.73. The number of benzene rings is 1. The molecule has 1 atom stereocenters. The Labute approximate surface area is 145 Å². The predicted molar refractivity (Wildman–Crippen MR) is 95.8 cm³/mol. The van der Waals surface area contributed by atoms with E-state index >= 15 is 0 Å². The molecule has 0 amide bonds. The first-order chi connectivity index (χ1) is 11.4. The molecule has 0 bridgehead atoms. The van der Waals surface area contributed by atoms with E-state index in [1.54, 1.807) is 0 Å². The molecule has 4 nitrogen and oxygen atoms in total. The summed E-state index contributed by atoms with van der Waals surface area (Å²) in [6.45, 7) is 5.03. The normalized spacial score (nSPS) is 19.2. The molecular weight excluding hydrogens is 306 g/mol. The SMILES string of the molecule is CC(N)(CCCCB(O)O)C1CCN(Cc2ccc(F)cc2)CC1. The third-order valence-corrected chi connectivity index (χ3v) is 5.27. The number of nitrogens with zero attached hydrogens (tertiary/aromatic N) is 1. The van der Waals surface area contributed by atoms with E-state index in [9.17, 15) is 4.39 Å². The highest BCUT2D eigenvalue weighted by atomic mass is 19.1. The summed E-state index contributed by atoms with van der Waals surface area (Å²) in [5, 5.41) is 17.8. The second-order valence-electron chi connectivity index (χ2n) is 7.41. The summed E-state index contributed by atoms with van der Waals surface area (Å²) in [6.07, 6.45) is 5.23. The standard InChI is InChI=1S/C18H30BFN2O2/c1-18(21,10-2-3-11-19(23)24)16-8-12-22(13-9-16)14-15-4-6-17(20)7-5-15/h4-7,16,23-24H,2-3,8-14,21H2,1H3. The van der Waals surface area contributed by atoms with Crippen LogP contribution in [0.3, 0.4) is 0 Å². The minimum absolute atomic E-state index is 0.190. The van der Waals surface area contributed by atoms with Crippen molar-refractivity contribution in [3.63, 3.8) is 0 Å². The molecule has 24 heavy (non-hydrogen) atoms. The minimum atomic E-state index is -1.20. The molecule has 1 aromatic rings. The largest absolute Gasteiger partial charge is 0.451 e. The first kappa shape index (κ1) is 19.4. The molecule has 1 aliphatic rings.